The van der Waals surface area contributed by atoms with Gasteiger partial charge in [0, 0.05) is 24.2 Å². The van der Waals surface area contributed by atoms with Crippen LogP contribution in [-0.4, -0.2) is 15.5 Å². The number of aromatic nitrogens is 2. The third-order valence-electron chi connectivity index (χ3n) is 3.04. The Morgan fingerprint density at radius 1 is 1.29 bits per heavy atom. The number of nitrogens with zero attached hydrogens (tertiary/aromatic N) is 2. The topological polar surface area (TPSA) is 46.9 Å². The van der Waals surface area contributed by atoms with E-state index in [4.69, 9.17) is 0 Å². The number of carbonyl (C=O) groups excluding carboxylic acids is 1. The van der Waals surface area contributed by atoms with Crippen LogP contribution >= 0.6 is 11.3 Å². The first-order valence-electron chi connectivity index (χ1n) is 6.27. The summed E-state index contributed by atoms with van der Waals surface area (Å²) in [5, 5.41) is 5.10. The number of aryl methyl sites for hydroxylation is 1. The molecule has 3 rings (SSSR count). The van der Waals surface area contributed by atoms with Crippen LogP contribution in [0.5, 0.6) is 0 Å². The highest BCUT2D eigenvalue weighted by atomic mass is 32.1. The van der Waals surface area contributed by atoms with Gasteiger partial charge in [0.2, 0.25) is 0 Å². The van der Waals surface area contributed by atoms with Crippen LogP contribution in [0.25, 0.3) is 11.3 Å². The third-order valence-corrected chi connectivity index (χ3v) is 3.80. The second-order valence-electron chi connectivity index (χ2n) is 4.50. The minimum Gasteiger partial charge on any atom is -0.347 e. The molecule has 0 radical (unpaired) electrons. The molecule has 21 heavy (non-hydrogen) atoms. The van der Waals surface area contributed by atoms with Crippen molar-refractivity contribution in [3.63, 3.8) is 0 Å². The van der Waals surface area contributed by atoms with Gasteiger partial charge in [-0.1, -0.05) is 0 Å². The highest BCUT2D eigenvalue weighted by molar-refractivity contribution is 7.14. The van der Waals surface area contributed by atoms with Crippen molar-refractivity contribution < 1.29 is 9.18 Å². The Hall–Kier alpha value is -2.47. The summed E-state index contributed by atoms with van der Waals surface area (Å²) in [6, 6.07) is 9.64. The summed E-state index contributed by atoms with van der Waals surface area (Å²) >= 11 is 1.33. The fourth-order valence-electron chi connectivity index (χ4n) is 1.94. The number of benzene rings is 1. The highest BCUT2D eigenvalue weighted by Gasteiger charge is 2.12. The van der Waals surface area contributed by atoms with E-state index in [0.717, 1.165) is 5.56 Å². The first kappa shape index (κ1) is 13.5. The largest absolute Gasteiger partial charge is 0.347 e. The number of hydrogen-bond acceptors (Lipinski definition) is 3. The summed E-state index contributed by atoms with van der Waals surface area (Å²) in [4.78, 5) is 16.4. The Balaban J connectivity index is 1.78. The van der Waals surface area contributed by atoms with Crippen LogP contribution < -0.4 is 5.32 Å². The summed E-state index contributed by atoms with van der Waals surface area (Å²) in [5.41, 5.74) is 2.09. The lowest BCUT2D eigenvalue weighted by Gasteiger charge is -2.02. The van der Waals surface area contributed by atoms with Gasteiger partial charge in [-0.25, -0.2) is 9.37 Å². The summed E-state index contributed by atoms with van der Waals surface area (Å²) < 4.78 is 14.6. The summed E-state index contributed by atoms with van der Waals surface area (Å²) in [6.07, 6.45) is 1.81. The fraction of sp³-hybridized carbons (Fsp3) is 0.0667. The lowest BCUT2D eigenvalue weighted by Crippen LogP contribution is -2.15. The third kappa shape index (κ3) is 2.85. The Morgan fingerprint density at radius 3 is 2.71 bits per heavy atom. The molecule has 106 valence electrons. The minimum atomic E-state index is -0.286. The van der Waals surface area contributed by atoms with Crippen molar-refractivity contribution in [2.75, 3.05) is 5.32 Å². The van der Waals surface area contributed by atoms with E-state index in [1.54, 1.807) is 42.1 Å². The smallest absolute Gasteiger partial charge is 0.274 e. The molecule has 0 saturated heterocycles. The molecule has 1 amide bonds. The van der Waals surface area contributed by atoms with Gasteiger partial charge < -0.3 is 4.57 Å². The van der Waals surface area contributed by atoms with Gasteiger partial charge in [-0.15, -0.1) is 11.3 Å². The van der Waals surface area contributed by atoms with Gasteiger partial charge in [0.25, 0.3) is 5.91 Å². The van der Waals surface area contributed by atoms with Crippen LogP contribution in [0.1, 0.15) is 10.5 Å². The lowest BCUT2D eigenvalue weighted by molar-refractivity contribution is 0.101. The van der Waals surface area contributed by atoms with Gasteiger partial charge in [0.1, 0.15) is 11.5 Å². The predicted molar refractivity (Wildman–Crippen MR) is 80.9 cm³/mol. The molecule has 0 aliphatic rings. The number of amides is 1. The first-order valence-corrected chi connectivity index (χ1v) is 7.15. The number of hydrogen-bond donors (Lipinski definition) is 1. The van der Waals surface area contributed by atoms with Crippen LogP contribution in [0.15, 0.2) is 48.0 Å². The average Bonchev–Trinajstić information content (AvgIpc) is 3.09. The molecular weight excluding hydrogens is 289 g/mol. The van der Waals surface area contributed by atoms with E-state index in [9.17, 15) is 9.18 Å². The normalized spacial score (nSPS) is 10.6. The van der Waals surface area contributed by atoms with Crippen molar-refractivity contribution >= 4 is 22.4 Å². The van der Waals surface area contributed by atoms with Crippen molar-refractivity contribution in [1.82, 2.24) is 9.55 Å². The first-order chi connectivity index (χ1) is 10.1. The Kier molecular flexibility index (Phi) is 3.53. The van der Waals surface area contributed by atoms with Crippen LogP contribution in [0.3, 0.4) is 0 Å². The van der Waals surface area contributed by atoms with Crippen molar-refractivity contribution in [3.8, 4) is 11.3 Å². The van der Waals surface area contributed by atoms with E-state index in [-0.39, 0.29) is 11.7 Å². The Labute approximate surface area is 124 Å². The molecule has 2 heterocycles. The van der Waals surface area contributed by atoms with E-state index in [0.29, 0.717) is 16.5 Å². The molecule has 6 heteroatoms. The molecule has 2 aromatic heterocycles. The van der Waals surface area contributed by atoms with Gasteiger partial charge in [0.05, 0.1) is 5.69 Å². The molecule has 1 aromatic carbocycles. The van der Waals surface area contributed by atoms with E-state index < -0.39 is 0 Å². The second-order valence-corrected chi connectivity index (χ2v) is 5.36. The maximum atomic E-state index is 12.9. The number of nitrogens with one attached hydrogen (secondary N) is 1. The van der Waals surface area contributed by atoms with Crippen molar-refractivity contribution in [2.24, 2.45) is 7.05 Å². The molecule has 0 fully saturated rings. The number of anilines is 1. The number of halogens is 1. The van der Waals surface area contributed by atoms with Gasteiger partial charge in [-0.05, 0) is 36.4 Å². The summed E-state index contributed by atoms with van der Waals surface area (Å²) in [5.74, 6) is -0.492. The van der Waals surface area contributed by atoms with Crippen LogP contribution in [0, 0.1) is 5.82 Å². The predicted octanol–water partition coefficient (Wildman–Crippen LogP) is 3.54. The molecule has 0 saturated carbocycles. The van der Waals surface area contributed by atoms with Crippen LogP contribution in [0.4, 0.5) is 9.52 Å². The van der Waals surface area contributed by atoms with Gasteiger partial charge in [0.15, 0.2) is 5.13 Å². The highest BCUT2D eigenvalue weighted by Crippen LogP contribution is 2.25. The molecule has 0 atom stereocenters. The summed E-state index contributed by atoms with van der Waals surface area (Å²) in [6.45, 7) is 0. The van der Waals surface area contributed by atoms with E-state index >= 15 is 0 Å². The van der Waals surface area contributed by atoms with Gasteiger partial charge in [-0.2, -0.15) is 0 Å². The molecule has 4 nitrogen and oxygen atoms in total. The zero-order chi connectivity index (χ0) is 14.8. The molecular formula is C15H12FN3OS. The van der Waals surface area contributed by atoms with E-state index in [2.05, 4.69) is 10.3 Å². The second kappa shape index (κ2) is 5.49. The van der Waals surface area contributed by atoms with Gasteiger partial charge >= 0.3 is 0 Å². The van der Waals surface area contributed by atoms with Crippen molar-refractivity contribution in [2.45, 2.75) is 0 Å². The SMILES string of the molecule is Cn1cccc1C(=O)Nc1nc(-c2ccc(F)cc2)cs1. The maximum absolute atomic E-state index is 12.9. The van der Waals surface area contributed by atoms with Crippen molar-refractivity contribution in [3.05, 3.63) is 59.5 Å². The molecule has 0 aliphatic carbocycles. The van der Waals surface area contributed by atoms with Crippen molar-refractivity contribution in [1.29, 1.82) is 0 Å². The number of rotatable bonds is 3. The summed E-state index contributed by atoms with van der Waals surface area (Å²) in [7, 11) is 1.81. The quantitative estimate of drug-likeness (QED) is 0.804. The molecule has 0 bridgehead atoms. The zero-order valence-electron chi connectivity index (χ0n) is 11.2. The molecule has 0 aliphatic heterocycles. The zero-order valence-corrected chi connectivity index (χ0v) is 12.0. The minimum absolute atomic E-state index is 0.206. The van der Waals surface area contributed by atoms with Crippen LogP contribution in [0.2, 0.25) is 0 Å². The number of carbonyl (C=O) groups is 1. The molecule has 1 N–H and O–H groups in total. The van der Waals surface area contributed by atoms with E-state index in [1.807, 2.05) is 5.38 Å². The van der Waals surface area contributed by atoms with E-state index in [1.165, 1.54) is 23.5 Å². The Morgan fingerprint density at radius 2 is 2.05 bits per heavy atom. The monoisotopic (exact) mass is 301 g/mol. The standard InChI is InChI=1S/C15H12FN3OS/c1-19-8-2-3-13(19)14(20)18-15-17-12(9-21-15)10-4-6-11(16)7-5-10/h2-9H,1H3,(H,17,18,20). The average molecular weight is 301 g/mol. The van der Waals surface area contributed by atoms with Crippen LogP contribution in [-0.2, 0) is 7.05 Å². The fourth-order valence-corrected chi connectivity index (χ4v) is 2.66. The van der Waals surface area contributed by atoms with Gasteiger partial charge in [-0.3, -0.25) is 10.1 Å². The molecule has 0 spiro atoms. The Bertz CT molecular complexity index is 776. The molecule has 3 aromatic rings. The maximum Gasteiger partial charge on any atom is 0.274 e. The molecule has 0 unspecified atom stereocenters. The number of thiazole rings is 1. The lowest BCUT2D eigenvalue weighted by atomic mass is 10.2.